The van der Waals surface area contributed by atoms with Crippen molar-refractivity contribution < 1.29 is 0 Å². The Bertz CT molecular complexity index is 387. The first-order chi connectivity index (χ1) is 8.74. The Morgan fingerprint density at radius 2 is 1.89 bits per heavy atom. The molecule has 1 heterocycles. The molecule has 0 radical (unpaired) electrons. The number of halogens is 2. The van der Waals surface area contributed by atoms with Gasteiger partial charge in [-0.25, -0.2) is 0 Å². The third-order valence-electron chi connectivity index (χ3n) is 3.44. The third kappa shape index (κ3) is 3.31. The fourth-order valence-electron chi connectivity index (χ4n) is 2.47. The molecule has 0 unspecified atom stereocenters. The minimum Gasteiger partial charge on any atom is -0.369 e. The van der Waals surface area contributed by atoms with Crippen molar-refractivity contribution in [2.45, 2.75) is 19.2 Å². The van der Waals surface area contributed by atoms with E-state index in [-0.39, 0.29) is 0 Å². The highest BCUT2D eigenvalue weighted by atomic mass is 35.5. The summed E-state index contributed by atoms with van der Waals surface area (Å²) in [6.07, 6.45) is 1.23. The maximum absolute atomic E-state index is 6.09. The highest BCUT2D eigenvalue weighted by Crippen LogP contribution is 2.27. The monoisotopic (exact) mass is 286 g/mol. The van der Waals surface area contributed by atoms with Crippen molar-refractivity contribution in [1.82, 2.24) is 4.90 Å². The lowest BCUT2D eigenvalue weighted by Crippen LogP contribution is -2.46. The van der Waals surface area contributed by atoms with Crippen LogP contribution >= 0.6 is 23.2 Å². The average Bonchev–Trinajstić information content (AvgIpc) is 2.40. The molecule has 2 rings (SSSR count). The van der Waals surface area contributed by atoms with Gasteiger partial charge < -0.3 is 4.90 Å². The number of hydrogen-bond donors (Lipinski definition) is 0. The molecule has 1 aromatic rings. The maximum atomic E-state index is 6.09. The van der Waals surface area contributed by atoms with Crippen LogP contribution in [0, 0.1) is 0 Å². The molecule has 2 nitrogen and oxygen atoms in total. The Hall–Kier alpha value is -0.440. The summed E-state index contributed by atoms with van der Waals surface area (Å²) in [4.78, 5) is 4.91. The summed E-state index contributed by atoms with van der Waals surface area (Å²) in [6.45, 7) is 7.80. The molecule has 0 N–H and O–H groups in total. The van der Waals surface area contributed by atoms with Crippen LogP contribution < -0.4 is 4.90 Å². The quantitative estimate of drug-likeness (QED) is 0.781. The zero-order valence-electron chi connectivity index (χ0n) is 10.8. The molecular formula is C14H20Cl2N2. The number of hydrogen-bond acceptors (Lipinski definition) is 2. The SMILES string of the molecule is CCCN1CCN(c2cc(Cl)ccc2CCl)CC1. The minimum atomic E-state index is 0.543. The molecule has 1 saturated heterocycles. The Balaban J connectivity index is 2.06. The van der Waals surface area contributed by atoms with Gasteiger partial charge in [-0.15, -0.1) is 11.6 Å². The van der Waals surface area contributed by atoms with Gasteiger partial charge >= 0.3 is 0 Å². The highest BCUT2D eigenvalue weighted by molar-refractivity contribution is 6.31. The van der Waals surface area contributed by atoms with Crippen LogP contribution in [-0.2, 0) is 5.88 Å². The van der Waals surface area contributed by atoms with E-state index in [1.54, 1.807) is 0 Å². The number of benzene rings is 1. The van der Waals surface area contributed by atoms with Gasteiger partial charge in [0, 0.05) is 42.8 Å². The molecule has 0 saturated carbocycles. The summed E-state index contributed by atoms with van der Waals surface area (Å²) in [5, 5.41) is 0.787. The van der Waals surface area contributed by atoms with Gasteiger partial charge in [0.25, 0.3) is 0 Å². The van der Waals surface area contributed by atoms with E-state index < -0.39 is 0 Å². The molecule has 1 aromatic carbocycles. The molecule has 100 valence electrons. The Kier molecular flexibility index (Phi) is 5.16. The second-order valence-electron chi connectivity index (χ2n) is 4.74. The topological polar surface area (TPSA) is 6.48 Å². The summed E-state index contributed by atoms with van der Waals surface area (Å²) in [5.41, 5.74) is 2.37. The van der Waals surface area contributed by atoms with Crippen molar-refractivity contribution in [2.24, 2.45) is 0 Å². The van der Waals surface area contributed by atoms with Crippen molar-refractivity contribution in [3.05, 3.63) is 28.8 Å². The van der Waals surface area contributed by atoms with E-state index in [9.17, 15) is 0 Å². The normalized spacial score (nSPS) is 17.2. The van der Waals surface area contributed by atoms with E-state index >= 15 is 0 Å². The fourth-order valence-corrected chi connectivity index (χ4v) is 2.87. The lowest BCUT2D eigenvalue weighted by molar-refractivity contribution is 0.258. The van der Waals surface area contributed by atoms with Gasteiger partial charge in [-0.1, -0.05) is 24.6 Å². The summed E-state index contributed by atoms with van der Waals surface area (Å²) < 4.78 is 0. The first-order valence-corrected chi connectivity index (χ1v) is 7.47. The summed E-state index contributed by atoms with van der Waals surface area (Å²) in [6, 6.07) is 5.98. The Labute approximate surface area is 119 Å². The number of piperazine rings is 1. The van der Waals surface area contributed by atoms with Crippen molar-refractivity contribution in [3.8, 4) is 0 Å². The second kappa shape index (κ2) is 6.65. The van der Waals surface area contributed by atoms with Crippen molar-refractivity contribution in [1.29, 1.82) is 0 Å². The van der Waals surface area contributed by atoms with Gasteiger partial charge in [-0.2, -0.15) is 0 Å². The minimum absolute atomic E-state index is 0.543. The third-order valence-corrected chi connectivity index (χ3v) is 3.97. The maximum Gasteiger partial charge on any atom is 0.0494 e. The van der Waals surface area contributed by atoms with Crippen LogP contribution in [0.25, 0.3) is 0 Å². The fraction of sp³-hybridized carbons (Fsp3) is 0.571. The van der Waals surface area contributed by atoms with Crippen molar-refractivity contribution >= 4 is 28.9 Å². The van der Waals surface area contributed by atoms with Crippen LogP contribution in [0.1, 0.15) is 18.9 Å². The molecule has 0 amide bonds. The van der Waals surface area contributed by atoms with Crippen LogP contribution in [0.4, 0.5) is 5.69 Å². The second-order valence-corrected chi connectivity index (χ2v) is 5.44. The average molecular weight is 287 g/mol. The van der Waals surface area contributed by atoms with Gasteiger partial charge in [0.05, 0.1) is 0 Å². The van der Waals surface area contributed by atoms with E-state index in [4.69, 9.17) is 23.2 Å². The zero-order chi connectivity index (χ0) is 13.0. The van der Waals surface area contributed by atoms with Crippen LogP contribution in [0.2, 0.25) is 5.02 Å². The van der Waals surface area contributed by atoms with E-state index in [2.05, 4.69) is 16.7 Å². The summed E-state index contributed by atoms with van der Waals surface area (Å²) >= 11 is 12.1. The van der Waals surface area contributed by atoms with Crippen molar-refractivity contribution in [3.63, 3.8) is 0 Å². The predicted octanol–water partition coefficient (Wildman–Crippen LogP) is 3.61. The summed E-state index contributed by atoms with van der Waals surface area (Å²) in [7, 11) is 0. The molecule has 0 aliphatic carbocycles. The van der Waals surface area contributed by atoms with Crippen LogP contribution in [0.5, 0.6) is 0 Å². The standard InChI is InChI=1S/C14H20Cl2N2/c1-2-5-17-6-8-18(9-7-17)14-10-13(16)4-3-12(14)11-15/h3-4,10H,2,5-9,11H2,1H3. The molecule has 0 aromatic heterocycles. The number of nitrogens with zero attached hydrogens (tertiary/aromatic N) is 2. The predicted molar refractivity (Wildman–Crippen MR) is 80.0 cm³/mol. The molecular weight excluding hydrogens is 267 g/mol. The molecule has 0 bridgehead atoms. The van der Waals surface area contributed by atoms with Gasteiger partial charge in [-0.05, 0) is 30.7 Å². The highest BCUT2D eigenvalue weighted by Gasteiger charge is 2.18. The van der Waals surface area contributed by atoms with E-state index in [0.29, 0.717) is 5.88 Å². The van der Waals surface area contributed by atoms with E-state index in [1.165, 1.54) is 24.2 Å². The van der Waals surface area contributed by atoms with Crippen LogP contribution in [0.15, 0.2) is 18.2 Å². The lowest BCUT2D eigenvalue weighted by Gasteiger charge is -2.36. The Morgan fingerprint density at radius 1 is 1.17 bits per heavy atom. The molecule has 0 spiro atoms. The first-order valence-electron chi connectivity index (χ1n) is 6.56. The van der Waals surface area contributed by atoms with Crippen LogP contribution in [0.3, 0.4) is 0 Å². The first kappa shape index (κ1) is 14.0. The molecule has 0 atom stereocenters. The summed E-state index contributed by atoms with van der Waals surface area (Å²) in [5.74, 6) is 0.543. The molecule has 1 aliphatic heterocycles. The lowest BCUT2D eigenvalue weighted by atomic mass is 10.1. The van der Waals surface area contributed by atoms with Crippen molar-refractivity contribution in [2.75, 3.05) is 37.6 Å². The number of rotatable bonds is 4. The van der Waals surface area contributed by atoms with Gasteiger partial charge in [0.1, 0.15) is 0 Å². The number of alkyl halides is 1. The molecule has 1 fully saturated rings. The smallest absolute Gasteiger partial charge is 0.0494 e. The van der Waals surface area contributed by atoms with Gasteiger partial charge in [0.15, 0.2) is 0 Å². The van der Waals surface area contributed by atoms with Gasteiger partial charge in [0.2, 0.25) is 0 Å². The van der Waals surface area contributed by atoms with Crippen LogP contribution in [-0.4, -0.2) is 37.6 Å². The zero-order valence-corrected chi connectivity index (χ0v) is 12.3. The van der Waals surface area contributed by atoms with Gasteiger partial charge in [-0.3, -0.25) is 4.90 Å². The molecule has 18 heavy (non-hydrogen) atoms. The molecule has 4 heteroatoms. The largest absolute Gasteiger partial charge is 0.369 e. The number of anilines is 1. The van der Waals surface area contributed by atoms with E-state index in [0.717, 1.165) is 31.2 Å². The molecule has 1 aliphatic rings. The Morgan fingerprint density at radius 3 is 2.50 bits per heavy atom. The van der Waals surface area contributed by atoms with E-state index in [1.807, 2.05) is 18.2 Å².